The fourth-order valence-electron chi connectivity index (χ4n) is 3.62. The zero-order chi connectivity index (χ0) is 24.9. The second kappa shape index (κ2) is 10.4. The maximum absolute atomic E-state index is 13.2. The quantitative estimate of drug-likeness (QED) is 0.353. The zero-order valence-electron chi connectivity index (χ0n) is 19.2. The van der Waals surface area contributed by atoms with E-state index in [1.54, 1.807) is 11.6 Å². The van der Waals surface area contributed by atoms with Gasteiger partial charge >= 0.3 is 5.69 Å². The lowest BCUT2D eigenvalue weighted by Crippen LogP contribution is -2.41. The first-order valence-corrected chi connectivity index (χ1v) is 11.8. The molecule has 12 heteroatoms. The number of aryl methyl sites for hydroxylation is 1. The summed E-state index contributed by atoms with van der Waals surface area (Å²) in [4.78, 5) is 41.9. The van der Waals surface area contributed by atoms with Crippen LogP contribution in [0.4, 0.5) is 11.5 Å². The Labute approximate surface area is 204 Å². The zero-order valence-corrected chi connectivity index (χ0v) is 20.0. The Hall–Kier alpha value is -4.19. The summed E-state index contributed by atoms with van der Waals surface area (Å²) in [5, 5.41) is 12.2. The monoisotopic (exact) mass is 492 g/mol. The molecule has 0 aliphatic rings. The van der Waals surface area contributed by atoms with Crippen molar-refractivity contribution in [3.8, 4) is 5.69 Å². The third-order valence-corrected chi connectivity index (χ3v) is 6.20. The van der Waals surface area contributed by atoms with Crippen LogP contribution in [-0.2, 0) is 11.3 Å². The number of benzene rings is 2. The molecule has 2 heterocycles. The van der Waals surface area contributed by atoms with E-state index in [0.29, 0.717) is 5.16 Å². The van der Waals surface area contributed by atoms with E-state index in [0.717, 1.165) is 28.6 Å². The van der Waals surface area contributed by atoms with Gasteiger partial charge in [-0.25, -0.2) is 4.79 Å². The molecule has 4 aromatic rings. The van der Waals surface area contributed by atoms with E-state index in [1.807, 2.05) is 61.5 Å². The highest BCUT2D eigenvalue weighted by molar-refractivity contribution is 7.99. The summed E-state index contributed by atoms with van der Waals surface area (Å²) in [5.41, 5.74) is 7.47. The van der Waals surface area contributed by atoms with Gasteiger partial charge in [-0.3, -0.25) is 19.1 Å². The lowest BCUT2D eigenvalue weighted by atomic mass is 10.2. The van der Waals surface area contributed by atoms with Crippen LogP contribution < -0.4 is 21.9 Å². The predicted octanol–water partition coefficient (Wildman–Crippen LogP) is 1.60. The van der Waals surface area contributed by atoms with Gasteiger partial charge in [0, 0.05) is 6.54 Å². The van der Waals surface area contributed by atoms with Gasteiger partial charge in [-0.05, 0) is 47.5 Å². The molecule has 0 unspecified atom stereocenters. The number of hydrogen-bond donors (Lipinski definition) is 2. The van der Waals surface area contributed by atoms with Crippen molar-refractivity contribution >= 4 is 29.2 Å². The molecule has 0 aliphatic heterocycles. The normalized spacial score (nSPS) is 10.9. The maximum atomic E-state index is 13.2. The average Bonchev–Trinajstić information content (AvgIpc) is 3.32. The largest absolute Gasteiger partial charge is 0.383 e. The van der Waals surface area contributed by atoms with E-state index in [2.05, 4.69) is 20.5 Å². The Kier molecular flexibility index (Phi) is 7.11. The highest BCUT2D eigenvalue weighted by atomic mass is 32.2. The summed E-state index contributed by atoms with van der Waals surface area (Å²) >= 11 is 1.14. The van der Waals surface area contributed by atoms with Crippen molar-refractivity contribution in [2.75, 3.05) is 22.9 Å². The molecule has 0 fully saturated rings. The van der Waals surface area contributed by atoms with Crippen LogP contribution in [0.3, 0.4) is 0 Å². The van der Waals surface area contributed by atoms with Crippen molar-refractivity contribution in [1.82, 2.24) is 29.8 Å². The summed E-state index contributed by atoms with van der Waals surface area (Å²) in [6.45, 7) is 4.02. The number of aromatic nitrogens is 6. The molecule has 2 aromatic heterocycles. The lowest BCUT2D eigenvalue weighted by Gasteiger charge is -2.23. The summed E-state index contributed by atoms with van der Waals surface area (Å²) in [6, 6.07) is 16.9. The summed E-state index contributed by atoms with van der Waals surface area (Å²) in [6.07, 6.45) is 0. The van der Waals surface area contributed by atoms with Crippen LogP contribution >= 0.6 is 11.8 Å². The first kappa shape index (κ1) is 24.0. The van der Waals surface area contributed by atoms with E-state index in [4.69, 9.17) is 5.73 Å². The van der Waals surface area contributed by atoms with Gasteiger partial charge in [0.05, 0.1) is 18.0 Å². The Bertz CT molecular complexity index is 1460. The Balaban J connectivity index is 1.58. The summed E-state index contributed by atoms with van der Waals surface area (Å²) < 4.78 is 2.79. The topological polar surface area (TPSA) is 145 Å². The van der Waals surface area contributed by atoms with Crippen molar-refractivity contribution in [3.05, 3.63) is 86.6 Å². The number of thioether (sulfide) groups is 1. The minimum atomic E-state index is -0.721. The molecule has 1 amide bonds. The van der Waals surface area contributed by atoms with Crippen LogP contribution in [0.2, 0.25) is 0 Å². The molecule has 0 saturated heterocycles. The molecular formula is C23H24N8O3S. The Morgan fingerprint density at radius 2 is 1.91 bits per heavy atom. The van der Waals surface area contributed by atoms with Crippen molar-refractivity contribution in [3.63, 3.8) is 0 Å². The smallest absolute Gasteiger partial charge is 0.330 e. The SMILES string of the molecule is CCN(C(=O)CSc1nnnn1-c1cccc(C)c1)c1c(N)n(Cc2ccccc2)c(=O)[nH]c1=O. The third kappa shape index (κ3) is 5.17. The van der Waals surface area contributed by atoms with Crippen molar-refractivity contribution in [1.29, 1.82) is 0 Å². The number of anilines is 2. The molecule has 0 atom stereocenters. The fourth-order valence-corrected chi connectivity index (χ4v) is 4.38. The van der Waals surface area contributed by atoms with E-state index < -0.39 is 11.2 Å². The molecule has 0 saturated carbocycles. The second-order valence-electron chi connectivity index (χ2n) is 7.70. The average molecular weight is 493 g/mol. The minimum absolute atomic E-state index is 0.0449. The third-order valence-electron chi connectivity index (χ3n) is 5.30. The Morgan fingerprint density at radius 1 is 1.14 bits per heavy atom. The van der Waals surface area contributed by atoms with Gasteiger partial charge in [0.1, 0.15) is 5.82 Å². The molecule has 4 rings (SSSR count). The molecule has 35 heavy (non-hydrogen) atoms. The second-order valence-corrected chi connectivity index (χ2v) is 8.65. The molecule has 0 aliphatic carbocycles. The van der Waals surface area contributed by atoms with E-state index in [-0.39, 0.29) is 36.3 Å². The number of tetrazole rings is 1. The number of nitrogen functional groups attached to an aromatic ring is 1. The first-order chi connectivity index (χ1) is 16.9. The number of aromatic amines is 1. The molecule has 0 spiro atoms. The number of H-pyrrole nitrogens is 1. The van der Waals surface area contributed by atoms with Crippen LogP contribution in [0.1, 0.15) is 18.1 Å². The van der Waals surface area contributed by atoms with E-state index >= 15 is 0 Å². The number of hydrogen-bond acceptors (Lipinski definition) is 8. The van der Waals surface area contributed by atoms with Crippen molar-refractivity contribution in [2.45, 2.75) is 25.5 Å². The molecule has 180 valence electrons. The summed E-state index contributed by atoms with van der Waals surface area (Å²) in [5.74, 6) is -0.498. The number of nitrogens with one attached hydrogen (secondary N) is 1. The van der Waals surface area contributed by atoms with Crippen LogP contribution in [0.5, 0.6) is 0 Å². The number of rotatable bonds is 8. The van der Waals surface area contributed by atoms with Gasteiger partial charge in [0.15, 0.2) is 5.69 Å². The van der Waals surface area contributed by atoms with Crippen molar-refractivity contribution < 1.29 is 4.79 Å². The first-order valence-electron chi connectivity index (χ1n) is 10.8. The van der Waals surface area contributed by atoms with Gasteiger partial charge in [0.25, 0.3) is 5.56 Å². The Morgan fingerprint density at radius 3 is 2.63 bits per heavy atom. The molecule has 0 bridgehead atoms. The molecule has 3 N–H and O–H groups in total. The molecular weight excluding hydrogens is 468 g/mol. The summed E-state index contributed by atoms with van der Waals surface area (Å²) in [7, 11) is 0. The molecule has 2 aromatic carbocycles. The lowest BCUT2D eigenvalue weighted by molar-refractivity contribution is -0.116. The van der Waals surface area contributed by atoms with Gasteiger partial charge in [-0.1, -0.05) is 54.2 Å². The highest BCUT2D eigenvalue weighted by Gasteiger charge is 2.24. The van der Waals surface area contributed by atoms with Gasteiger partial charge in [0.2, 0.25) is 11.1 Å². The standard InChI is InChI=1S/C23H24N8O3S/c1-3-29(18(32)14-35-23-26-27-28-31(23)17-11-7-8-15(2)12-17)19-20(24)30(22(34)25-21(19)33)13-16-9-5-4-6-10-16/h4-12H,3,13-14,24H2,1-2H3,(H,25,33,34). The predicted molar refractivity (Wildman–Crippen MR) is 134 cm³/mol. The number of carbonyl (C=O) groups is 1. The number of nitrogens with zero attached hydrogens (tertiary/aromatic N) is 6. The number of amides is 1. The van der Waals surface area contributed by atoms with Gasteiger partial charge < -0.3 is 10.6 Å². The molecule has 0 radical (unpaired) electrons. The minimum Gasteiger partial charge on any atom is -0.383 e. The van der Waals surface area contributed by atoms with Crippen LogP contribution in [0, 0.1) is 6.92 Å². The fraction of sp³-hybridized carbons (Fsp3) is 0.217. The van der Waals surface area contributed by atoms with Crippen LogP contribution in [0.25, 0.3) is 5.69 Å². The maximum Gasteiger partial charge on any atom is 0.330 e. The number of nitrogens with two attached hydrogens (primary N) is 1. The van der Waals surface area contributed by atoms with Gasteiger partial charge in [-0.2, -0.15) is 4.68 Å². The van der Waals surface area contributed by atoms with Crippen LogP contribution in [0.15, 0.2) is 69.3 Å². The van der Waals surface area contributed by atoms with Crippen molar-refractivity contribution in [2.24, 2.45) is 0 Å². The highest BCUT2D eigenvalue weighted by Crippen LogP contribution is 2.22. The number of carbonyl (C=O) groups excluding carboxylic acids is 1. The van der Waals surface area contributed by atoms with Gasteiger partial charge in [-0.15, -0.1) is 5.10 Å². The van der Waals surface area contributed by atoms with Crippen LogP contribution in [-0.4, -0.2) is 48.0 Å². The molecule has 11 nitrogen and oxygen atoms in total. The van der Waals surface area contributed by atoms with E-state index in [9.17, 15) is 14.4 Å². The van der Waals surface area contributed by atoms with E-state index in [1.165, 1.54) is 9.47 Å².